The molecular weight excluding hydrogens is 958 g/mol. The number of amides is 2. The maximum absolute atomic E-state index is 15.1. The molecule has 0 atom stereocenters. The number of anilines is 2. The van der Waals surface area contributed by atoms with Gasteiger partial charge in [0.2, 0.25) is 0 Å². The van der Waals surface area contributed by atoms with Crippen LogP contribution < -0.4 is 25.7 Å². The zero-order valence-corrected chi connectivity index (χ0v) is 39.8. The van der Waals surface area contributed by atoms with Crippen molar-refractivity contribution in [3.63, 3.8) is 0 Å². The molecule has 1 fully saturated rings. The fourth-order valence-electron chi connectivity index (χ4n) is 9.11. The van der Waals surface area contributed by atoms with Gasteiger partial charge < -0.3 is 0 Å². The minimum atomic E-state index is -2.62. The maximum atomic E-state index is 15.1. The van der Waals surface area contributed by atoms with E-state index in [4.69, 9.17) is 4.74 Å². The van der Waals surface area contributed by atoms with E-state index in [1.807, 2.05) is 41.0 Å². The molecule has 0 unspecified atom stereocenters. The predicted octanol–water partition coefficient (Wildman–Crippen LogP) is 10.7. The topological polar surface area (TPSA) is 49.9 Å². The Morgan fingerprint density at radius 2 is 1.16 bits per heavy atom. The molecule has 0 bridgehead atoms. The van der Waals surface area contributed by atoms with E-state index in [0.29, 0.717) is 37.4 Å². The van der Waals surface area contributed by atoms with E-state index in [9.17, 15) is 4.79 Å². The van der Waals surface area contributed by atoms with Crippen molar-refractivity contribution in [1.82, 2.24) is 0 Å². The number of hydrogen-bond acceptors (Lipinski definition) is 3. The van der Waals surface area contributed by atoms with Gasteiger partial charge in [-0.05, 0) is 18.4 Å². The number of fused-ring (bicyclic) bond motifs is 2. The van der Waals surface area contributed by atoms with Gasteiger partial charge in [-0.15, -0.1) is 0 Å². The van der Waals surface area contributed by atoms with E-state index in [-0.39, 0.29) is 23.7 Å². The van der Waals surface area contributed by atoms with Crippen LogP contribution in [0.5, 0.6) is 0 Å². The van der Waals surface area contributed by atoms with E-state index in [2.05, 4.69) is 166 Å². The molecule has 5 aromatic carbocycles. The van der Waals surface area contributed by atoms with Crippen LogP contribution >= 0.6 is 7.26 Å². The first kappa shape index (κ1) is 43.2. The molecule has 3 aliphatic heterocycles. The Hall–Kier alpha value is -5.45. The zero-order valence-electron chi connectivity index (χ0n) is 36.3. The van der Waals surface area contributed by atoms with Crippen LogP contribution in [0.2, 0.25) is 0 Å². The summed E-state index contributed by atoms with van der Waals surface area (Å²) >= 11 is 1.77. The van der Waals surface area contributed by atoms with Crippen LogP contribution in [-0.4, -0.2) is 38.1 Å². The van der Waals surface area contributed by atoms with E-state index >= 15 is 4.79 Å². The first-order valence-corrected chi connectivity index (χ1v) is 24.6. The Morgan fingerprint density at radius 1 is 0.677 bits per heavy atom. The van der Waals surface area contributed by atoms with Crippen LogP contribution in [0.1, 0.15) is 63.8 Å². The summed E-state index contributed by atoms with van der Waals surface area (Å²) in [5.41, 5.74) is 9.54. The molecule has 0 N–H and O–H groups in total. The third-order valence-corrected chi connectivity index (χ3v) is 17.2. The molecule has 0 saturated carbocycles. The van der Waals surface area contributed by atoms with Crippen molar-refractivity contribution in [3.05, 3.63) is 184 Å². The SMILES string of the molecule is CC=C1COCC1=CC(=C([C]#[Os])[P+](c1ccccc1)(c1ccccc1)c1ccccc1)c1ccc2c(c1)N(CC(C)C)C(=O)/C2=C1/C(=O)N(CC(C)C)c2cc(/C=C/C)ccc21. The van der Waals surface area contributed by atoms with E-state index in [0.717, 1.165) is 55.7 Å². The Kier molecular flexibility index (Phi) is 12.9. The molecule has 3 heterocycles. The molecule has 0 aliphatic carbocycles. The number of ether oxygens (including phenoxy) is 1. The summed E-state index contributed by atoms with van der Waals surface area (Å²) in [6.07, 6.45) is 8.52. The van der Waals surface area contributed by atoms with Gasteiger partial charge in [0.25, 0.3) is 0 Å². The molecule has 0 aromatic heterocycles. The van der Waals surface area contributed by atoms with Crippen LogP contribution in [0.3, 0.4) is 0 Å². The van der Waals surface area contributed by atoms with Crippen molar-refractivity contribution >= 4 is 69.2 Å². The molecule has 2 amide bonds. The molecule has 8 rings (SSSR count). The average molecular weight is 1010 g/mol. The quantitative estimate of drug-likeness (QED) is 0.0979. The second kappa shape index (κ2) is 18.5. The molecule has 3 aliphatic rings. The van der Waals surface area contributed by atoms with Gasteiger partial charge in [0, 0.05) is 0 Å². The molecule has 5 aromatic rings. The van der Waals surface area contributed by atoms with Crippen LogP contribution in [0.4, 0.5) is 11.4 Å². The Balaban J connectivity index is 1.45. The second-order valence-corrected chi connectivity index (χ2v) is 20.9. The fourth-order valence-corrected chi connectivity index (χ4v) is 14.9. The number of nitrogens with zero attached hydrogens (tertiary/aromatic N) is 2. The number of hydrogen-bond donors (Lipinski definition) is 0. The normalized spacial score (nSPS) is 18.1. The van der Waals surface area contributed by atoms with Crippen molar-refractivity contribution in [2.45, 2.75) is 41.5 Å². The summed E-state index contributed by atoms with van der Waals surface area (Å²) in [7, 11) is -2.62. The first-order valence-electron chi connectivity index (χ1n) is 21.5. The van der Waals surface area contributed by atoms with E-state index < -0.39 is 7.26 Å². The fraction of sp³-hybridized carbons (Fsp3) is 0.218. The molecule has 0 spiro atoms. The van der Waals surface area contributed by atoms with E-state index in [1.54, 1.807) is 17.9 Å². The van der Waals surface area contributed by atoms with Crippen molar-refractivity contribution in [3.8, 4) is 4.37 Å². The van der Waals surface area contributed by atoms with Gasteiger partial charge in [-0.25, -0.2) is 0 Å². The van der Waals surface area contributed by atoms with Crippen LogP contribution in [0.15, 0.2) is 162 Å². The van der Waals surface area contributed by atoms with E-state index in [1.165, 1.54) is 15.9 Å². The second-order valence-electron chi connectivity index (χ2n) is 16.9. The zero-order chi connectivity index (χ0) is 43.5. The molecule has 7 heteroatoms. The Labute approximate surface area is 377 Å². The average Bonchev–Trinajstić information content (AvgIpc) is 3.93. The third kappa shape index (κ3) is 7.81. The standard InChI is InChI=1S/C55H53N2O3P.Os/c1-8-19-40-26-28-47-50(30-40)56(33-37(3)4)54(58)52(47)53-48-29-27-42(32-51(48)57(55(53)59)34-38(5)6)49(31-43-36-60-35-41(43)9-2)39(7)61(44-20-13-10-14-21-44,45-22-15-11-16-23-45)46-24-17-12-18-25-46;/h8-32,37-38H,33-36H2,1-6H3;/q+1;/b19-8+,41-9?,43-31?,49-39?,53-52+;. The van der Waals surface area contributed by atoms with Crippen LogP contribution in [0.25, 0.3) is 22.8 Å². The molecule has 1 saturated heterocycles. The van der Waals surface area contributed by atoms with Crippen LogP contribution in [0, 0.1) is 16.2 Å². The van der Waals surface area contributed by atoms with Crippen molar-refractivity contribution in [2.24, 2.45) is 11.8 Å². The summed E-state index contributed by atoms with van der Waals surface area (Å²) < 4.78 is 9.97. The minimum absolute atomic E-state index is 0.122. The summed E-state index contributed by atoms with van der Waals surface area (Å²) in [6.45, 7) is 14.7. The summed E-state index contributed by atoms with van der Waals surface area (Å²) in [5, 5.41) is 4.78. The summed E-state index contributed by atoms with van der Waals surface area (Å²) in [5.74, 6) is 0.158. The Bertz CT molecular complexity index is 2640. The van der Waals surface area contributed by atoms with Crippen molar-refractivity contribution in [1.29, 1.82) is 0 Å². The van der Waals surface area contributed by atoms with Gasteiger partial charge in [0.15, 0.2) is 0 Å². The molecule has 62 heavy (non-hydrogen) atoms. The predicted molar refractivity (Wildman–Crippen MR) is 257 cm³/mol. The third-order valence-electron chi connectivity index (χ3n) is 11.8. The summed E-state index contributed by atoms with van der Waals surface area (Å²) in [6, 6.07) is 45.2. The summed E-state index contributed by atoms with van der Waals surface area (Å²) in [4.78, 5) is 33.7. The number of carbonyl (C=O) groups is 2. The van der Waals surface area contributed by atoms with Gasteiger partial charge in [-0.2, -0.15) is 0 Å². The molecular formula is C55H53N2O3OsP+. The van der Waals surface area contributed by atoms with Crippen LogP contribution in [-0.2, 0) is 32.3 Å². The van der Waals surface area contributed by atoms with Gasteiger partial charge in [-0.1, -0.05) is 26.0 Å². The first-order chi connectivity index (χ1) is 30.1. The monoisotopic (exact) mass is 1010 g/mol. The van der Waals surface area contributed by atoms with Crippen molar-refractivity contribution < 1.29 is 32.3 Å². The number of carbonyl (C=O) groups excluding carboxylic acids is 2. The van der Waals surface area contributed by atoms with Crippen molar-refractivity contribution in [2.75, 3.05) is 36.1 Å². The van der Waals surface area contributed by atoms with Gasteiger partial charge >= 0.3 is 335 Å². The number of allylic oxidation sites excluding steroid dienone is 5. The molecule has 5 nitrogen and oxygen atoms in total. The molecule has 0 radical (unpaired) electrons. The number of rotatable bonds is 11. The van der Waals surface area contributed by atoms with Gasteiger partial charge in [0.05, 0.1) is 0 Å². The van der Waals surface area contributed by atoms with Gasteiger partial charge in [0.1, 0.15) is 0 Å². The number of benzene rings is 5. The Morgan fingerprint density at radius 3 is 1.63 bits per heavy atom. The molecule has 313 valence electrons. The van der Waals surface area contributed by atoms with Gasteiger partial charge in [-0.3, -0.25) is 0 Å².